The number of carbonyl (C=O) groups is 3. The molecule has 4 aliphatic rings. The third-order valence-electron chi connectivity index (χ3n) is 11.3. The molecule has 2 aromatic heterocycles. The molecule has 4 aromatic rings. The van der Waals surface area contributed by atoms with E-state index < -0.39 is 5.91 Å². The number of likely N-dealkylation sites (N-methyl/N-ethyl adjacent to an activating group) is 1. The van der Waals surface area contributed by atoms with Crippen LogP contribution < -0.4 is 15.4 Å². The van der Waals surface area contributed by atoms with Crippen LogP contribution in [0.5, 0.6) is 5.75 Å². The van der Waals surface area contributed by atoms with E-state index in [4.69, 9.17) is 32.9 Å². The zero-order chi connectivity index (χ0) is 37.0. The Bertz CT molecular complexity index is 2130. The topological polar surface area (TPSA) is 125 Å². The predicted molar refractivity (Wildman–Crippen MR) is 203 cm³/mol. The maximum atomic E-state index is 13.7. The predicted octanol–water partition coefficient (Wildman–Crippen LogP) is 5.02. The number of benzene rings is 2. The van der Waals surface area contributed by atoms with Crippen LogP contribution in [0.25, 0.3) is 22.4 Å². The van der Waals surface area contributed by atoms with Gasteiger partial charge in [0.2, 0.25) is 11.8 Å². The van der Waals surface area contributed by atoms with E-state index in [0.717, 1.165) is 67.3 Å². The van der Waals surface area contributed by atoms with Crippen molar-refractivity contribution in [3.8, 4) is 28.1 Å². The Kier molecular flexibility index (Phi) is 9.42. The maximum Gasteiger partial charge on any atom is 0.291 e. The van der Waals surface area contributed by atoms with Crippen molar-refractivity contribution >= 4 is 46.6 Å². The third kappa shape index (κ3) is 6.56. The van der Waals surface area contributed by atoms with Gasteiger partial charge in [-0.3, -0.25) is 29.2 Å². The highest BCUT2D eigenvalue weighted by molar-refractivity contribution is 6.39. The molecule has 0 radical (unpaired) electrons. The second kappa shape index (κ2) is 14.1. The zero-order valence-corrected chi connectivity index (χ0v) is 31.6. The molecule has 276 valence electrons. The molecule has 3 saturated heterocycles. The number of rotatable bonds is 8. The summed E-state index contributed by atoms with van der Waals surface area (Å²) in [7, 11) is 5.48. The van der Waals surface area contributed by atoms with Crippen LogP contribution in [0.1, 0.15) is 46.8 Å². The first-order valence-corrected chi connectivity index (χ1v) is 18.7. The summed E-state index contributed by atoms with van der Waals surface area (Å²) in [4.78, 5) is 54.3. The molecule has 6 heterocycles. The molecular weight excluding hydrogens is 715 g/mol. The van der Waals surface area contributed by atoms with Gasteiger partial charge in [0.25, 0.3) is 5.91 Å². The molecule has 3 fully saturated rings. The molecule has 0 bridgehead atoms. The molecule has 0 aliphatic carbocycles. The normalized spacial score (nSPS) is 19.6. The molecule has 0 saturated carbocycles. The Hall–Kier alpha value is -4.49. The quantitative estimate of drug-likeness (QED) is 0.257. The van der Waals surface area contributed by atoms with Crippen LogP contribution in [0.2, 0.25) is 10.0 Å². The van der Waals surface area contributed by atoms with E-state index >= 15 is 0 Å². The van der Waals surface area contributed by atoms with Gasteiger partial charge in [-0.05, 0) is 44.6 Å². The van der Waals surface area contributed by atoms with Crippen molar-refractivity contribution in [2.75, 3.05) is 52.2 Å². The standard InChI is InChI=1S/C39H42Cl2N8O4/c1-46-14-5-8-30(46)38(52)49-15-12-29-28(19-49)44-36(47(29)2)37(51)45-27-7-4-6-25(33(27)40)26-11-13-42-35(34(26)41)23-9-10-24(31(16-23)53-3)18-48-21-39(22-48)17-32(50)43-20-39/h4,6-7,9-11,13,16,30H,5,8,12,14-15,17-22H2,1-3H3,(H,43,50)(H,45,51)/t30-/m0/s1. The number of pyridine rings is 1. The van der Waals surface area contributed by atoms with Gasteiger partial charge in [-0.15, -0.1) is 0 Å². The van der Waals surface area contributed by atoms with Crippen molar-refractivity contribution in [3.63, 3.8) is 0 Å². The molecule has 53 heavy (non-hydrogen) atoms. The van der Waals surface area contributed by atoms with Crippen molar-refractivity contribution < 1.29 is 19.1 Å². The number of likely N-dealkylation sites (tertiary alicyclic amines) is 2. The minimum Gasteiger partial charge on any atom is -0.496 e. The van der Waals surface area contributed by atoms with Gasteiger partial charge in [0.05, 0.1) is 46.8 Å². The molecule has 3 amide bonds. The van der Waals surface area contributed by atoms with Crippen molar-refractivity contribution in [3.05, 3.63) is 81.5 Å². The second-order valence-electron chi connectivity index (χ2n) is 14.8. The number of hydrogen-bond donors (Lipinski definition) is 2. The zero-order valence-electron chi connectivity index (χ0n) is 30.0. The van der Waals surface area contributed by atoms with Crippen LogP contribution in [0.3, 0.4) is 0 Å². The maximum absolute atomic E-state index is 13.7. The molecule has 2 aromatic carbocycles. The van der Waals surface area contributed by atoms with Gasteiger partial charge >= 0.3 is 0 Å². The smallest absolute Gasteiger partial charge is 0.291 e. The number of amides is 3. The van der Waals surface area contributed by atoms with Gasteiger partial charge in [0.1, 0.15) is 5.75 Å². The van der Waals surface area contributed by atoms with Crippen LogP contribution in [-0.2, 0) is 36.1 Å². The Morgan fingerprint density at radius 2 is 1.89 bits per heavy atom. The Morgan fingerprint density at radius 3 is 2.62 bits per heavy atom. The van der Waals surface area contributed by atoms with E-state index in [2.05, 4.69) is 25.4 Å². The molecule has 1 atom stereocenters. The van der Waals surface area contributed by atoms with Crippen molar-refractivity contribution in [1.82, 2.24) is 34.6 Å². The number of carbonyl (C=O) groups excluding carboxylic acids is 3. The summed E-state index contributed by atoms with van der Waals surface area (Å²) in [6.07, 6.45) is 4.79. The van der Waals surface area contributed by atoms with Crippen LogP contribution in [-0.4, -0.2) is 99.9 Å². The fourth-order valence-electron chi connectivity index (χ4n) is 8.47. The highest BCUT2D eigenvalue weighted by atomic mass is 35.5. The fraction of sp³-hybridized carbons (Fsp3) is 0.410. The highest BCUT2D eigenvalue weighted by Gasteiger charge is 2.48. The number of nitrogens with zero attached hydrogens (tertiary/aromatic N) is 6. The minimum absolute atomic E-state index is 0.0539. The molecule has 1 spiro atoms. The number of nitrogens with one attached hydrogen (secondary N) is 2. The van der Waals surface area contributed by atoms with Gasteiger partial charge in [-0.2, -0.15) is 0 Å². The lowest BCUT2D eigenvalue weighted by Crippen LogP contribution is -2.56. The van der Waals surface area contributed by atoms with E-state index in [9.17, 15) is 14.4 Å². The van der Waals surface area contributed by atoms with E-state index in [0.29, 0.717) is 65.0 Å². The summed E-state index contributed by atoms with van der Waals surface area (Å²) in [5.41, 5.74) is 5.87. The third-order valence-corrected chi connectivity index (χ3v) is 12.1. The largest absolute Gasteiger partial charge is 0.496 e. The van der Waals surface area contributed by atoms with Crippen LogP contribution >= 0.6 is 23.2 Å². The SMILES string of the molecule is COc1cc(-c2nccc(-c3cccc(NC(=O)c4nc5c(n4C)CCN(C(=O)[C@@H]4CCCN4C)C5)c3Cl)c2Cl)ccc1CN1CC2(CNC(=O)C2)C1. The second-order valence-corrected chi connectivity index (χ2v) is 15.6. The van der Waals surface area contributed by atoms with Gasteiger partial charge in [-0.25, -0.2) is 4.98 Å². The summed E-state index contributed by atoms with van der Waals surface area (Å²) < 4.78 is 7.61. The first-order chi connectivity index (χ1) is 25.5. The molecular formula is C39H42Cl2N8O4. The summed E-state index contributed by atoms with van der Waals surface area (Å²) >= 11 is 14.0. The Balaban J connectivity index is 0.987. The van der Waals surface area contributed by atoms with Gasteiger partial charge in [0, 0.05) is 92.2 Å². The Labute approximate surface area is 318 Å². The molecule has 2 N–H and O–H groups in total. The van der Waals surface area contributed by atoms with Gasteiger partial charge in [0.15, 0.2) is 5.82 Å². The summed E-state index contributed by atoms with van der Waals surface area (Å²) in [6, 6.07) is 13.1. The first-order valence-electron chi connectivity index (χ1n) is 18.0. The monoisotopic (exact) mass is 756 g/mol. The highest BCUT2D eigenvalue weighted by Crippen LogP contribution is 2.42. The molecule has 4 aliphatic heterocycles. The molecule has 0 unspecified atom stereocenters. The number of aromatic nitrogens is 3. The number of ether oxygens (including phenoxy) is 1. The molecule has 8 rings (SSSR count). The number of methoxy groups -OCH3 is 1. The van der Waals surface area contributed by atoms with E-state index in [1.807, 2.05) is 53.9 Å². The van der Waals surface area contributed by atoms with E-state index in [1.165, 1.54) is 0 Å². The number of imidazole rings is 1. The summed E-state index contributed by atoms with van der Waals surface area (Å²) in [5, 5.41) is 6.66. The number of fused-ring (bicyclic) bond motifs is 1. The number of hydrogen-bond acceptors (Lipinski definition) is 8. The minimum atomic E-state index is -0.398. The fourth-order valence-corrected chi connectivity index (χ4v) is 9.07. The van der Waals surface area contributed by atoms with Gasteiger partial charge in [-0.1, -0.05) is 47.5 Å². The number of halogens is 2. The number of anilines is 1. The van der Waals surface area contributed by atoms with Crippen molar-refractivity contribution in [2.24, 2.45) is 12.5 Å². The first kappa shape index (κ1) is 35.5. The van der Waals surface area contributed by atoms with Crippen LogP contribution in [0.4, 0.5) is 5.69 Å². The Morgan fingerprint density at radius 1 is 1.08 bits per heavy atom. The summed E-state index contributed by atoms with van der Waals surface area (Å²) in [5.74, 6) is 0.845. The van der Waals surface area contributed by atoms with Crippen molar-refractivity contribution in [2.45, 2.75) is 44.8 Å². The van der Waals surface area contributed by atoms with Crippen LogP contribution in [0, 0.1) is 5.41 Å². The molecule has 12 nitrogen and oxygen atoms in total. The average molecular weight is 758 g/mol. The van der Waals surface area contributed by atoms with E-state index in [-0.39, 0.29) is 29.1 Å². The lowest BCUT2D eigenvalue weighted by atomic mass is 9.79. The van der Waals surface area contributed by atoms with Gasteiger partial charge < -0.3 is 24.8 Å². The summed E-state index contributed by atoms with van der Waals surface area (Å²) in [6.45, 7) is 5.10. The average Bonchev–Trinajstić information content (AvgIpc) is 3.85. The van der Waals surface area contributed by atoms with Crippen molar-refractivity contribution in [1.29, 1.82) is 0 Å². The lowest BCUT2D eigenvalue weighted by molar-refractivity contribution is -0.136. The molecule has 14 heteroatoms. The lowest BCUT2D eigenvalue weighted by Gasteiger charge is -2.47. The van der Waals surface area contributed by atoms with E-state index in [1.54, 1.807) is 25.4 Å². The van der Waals surface area contributed by atoms with Crippen LogP contribution in [0.15, 0.2) is 48.7 Å².